The van der Waals surface area contributed by atoms with Crippen LogP contribution in [0.2, 0.25) is 0 Å². The first-order valence-corrected chi connectivity index (χ1v) is 6.54. The van der Waals surface area contributed by atoms with Gasteiger partial charge in [0.1, 0.15) is 5.69 Å². The molecule has 0 aliphatic rings. The molecule has 0 atom stereocenters. The summed E-state index contributed by atoms with van der Waals surface area (Å²) in [6.45, 7) is 0. The maximum absolute atomic E-state index is 13.0. The zero-order valence-corrected chi connectivity index (χ0v) is 11.8. The summed E-state index contributed by atoms with van der Waals surface area (Å²) in [6, 6.07) is 9.37. The Hall–Kier alpha value is -2.90. The minimum atomic E-state index is -4.53. The third-order valence-electron chi connectivity index (χ3n) is 3.30. The summed E-state index contributed by atoms with van der Waals surface area (Å²) in [5.74, 6) is -0.221. The Labute approximate surface area is 128 Å². The Morgan fingerprint density at radius 3 is 2.57 bits per heavy atom. The van der Waals surface area contributed by atoms with Crippen molar-refractivity contribution < 1.29 is 17.7 Å². The highest BCUT2D eigenvalue weighted by molar-refractivity contribution is 5.62. The molecule has 0 radical (unpaired) electrons. The van der Waals surface area contributed by atoms with Crippen LogP contribution in [0.25, 0.3) is 23.0 Å². The Morgan fingerprint density at radius 1 is 1.09 bits per heavy atom. The number of hydrogen-bond donors (Lipinski definition) is 0. The van der Waals surface area contributed by atoms with Gasteiger partial charge in [-0.05, 0) is 12.1 Å². The molecule has 0 amide bonds. The van der Waals surface area contributed by atoms with Gasteiger partial charge in [-0.25, -0.2) is 0 Å². The molecule has 0 saturated heterocycles. The summed E-state index contributed by atoms with van der Waals surface area (Å²) in [6.07, 6.45) is -4.53. The van der Waals surface area contributed by atoms with Gasteiger partial charge in [-0.2, -0.15) is 18.2 Å². The third-order valence-corrected chi connectivity index (χ3v) is 3.30. The zero-order valence-electron chi connectivity index (χ0n) is 11.8. The predicted molar refractivity (Wildman–Crippen MR) is 75.4 cm³/mol. The topological polar surface area (TPSA) is 60.9 Å². The lowest BCUT2D eigenvalue weighted by Crippen LogP contribution is -2.16. The van der Waals surface area contributed by atoms with E-state index in [4.69, 9.17) is 4.52 Å². The van der Waals surface area contributed by atoms with Crippen molar-refractivity contribution in [2.45, 2.75) is 6.18 Å². The second-order valence-electron chi connectivity index (χ2n) is 4.77. The number of pyridine rings is 1. The SMILES string of the molecule is Cn1c(-c2nc(-c3ccccc3C(F)(F)F)no2)cccc1=O. The van der Waals surface area contributed by atoms with Gasteiger partial charge in [0, 0.05) is 18.7 Å². The monoisotopic (exact) mass is 321 g/mol. The van der Waals surface area contributed by atoms with Gasteiger partial charge in [-0.1, -0.05) is 29.4 Å². The molecule has 0 fully saturated rings. The lowest BCUT2D eigenvalue weighted by Gasteiger charge is -2.09. The van der Waals surface area contributed by atoms with Crippen molar-refractivity contribution >= 4 is 0 Å². The predicted octanol–water partition coefficient (Wildman–Crippen LogP) is 3.12. The first-order valence-electron chi connectivity index (χ1n) is 6.54. The first-order chi connectivity index (χ1) is 10.9. The summed E-state index contributed by atoms with van der Waals surface area (Å²) in [5.41, 5.74) is -1.01. The molecule has 0 N–H and O–H groups in total. The van der Waals surface area contributed by atoms with Gasteiger partial charge in [-0.15, -0.1) is 0 Å². The smallest absolute Gasteiger partial charge is 0.332 e. The standard InChI is InChI=1S/C15H10F3N3O2/c1-21-11(7-4-8-12(21)22)14-19-13(20-23-14)9-5-2-3-6-10(9)15(16,17)18/h2-8H,1H3. The zero-order chi connectivity index (χ0) is 16.6. The van der Waals surface area contributed by atoms with Crippen LogP contribution in [0, 0.1) is 0 Å². The molecule has 0 bridgehead atoms. The molecule has 3 rings (SSSR count). The van der Waals surface area contributed by atoms with Crippen LogP contribution in [0.5, 0.6) is 0 Å². The van der Waals surface area contributed by atoms with Crippen LogP contribution in [0.15, 0.2) is 51.8 Å². The van der Waals surface area contributed by atoms with Crippen LogP contribution in [-0.4, -0.2) is 14.7 Å². The summed E-state index contributed by atoms with van der Waals surface area (Å²) in [4.78, 5) is 15.6. The molecule has 0 unspecified atom stereocenters. The van der Waals surface area contributed by atoms with Crippen molar-refractivity contribution in [2.75, 3.05) is 0 Å². The summed E-state index contributed by atoms with van der Waals surface area (Å²) < 4.78 is 45.4. The Morgan fingerprint density at radius 2 is 1.83 bits per heavy atom. The van der Waals surface area contributed by atoms with E-state index >= 15 is 0 Å². The molecule has 0 saturated carbocycles. The Kier molecular flexibility index (Phi) is 3.51. The molecule has 5 nitrogen and oxygen atoms in total. The van der Waals surface area contributed by atoms with E-state index in [1.165, 1.54) is 41.9 Å². The maximum Gasteiger partial charge on any atom is 0.417 e. The first kappa shape index (κ1) is 15.0. The molecule has 2 heterocycles. The molecular weight excluding hydrogens is 311 g/mol. The molecule has 1 aromatic carbocycles. The molecular formula is C15H10F3N3O2. The fourth-order valence-electron chi connectivity index (χ4n) is 2.14. The van der Waals surface area contributed by atoms with Crippen LogP contribution in [0.4, 0.5) is 13.2 Å². The molecule has 23 heavy (non-hydrogen) atoms. The minimum absolute atomic E-state index is 0.0304. The largest absolute Gasteiger partial charge is 0.417 e. The number of halogens is 3. The van der Waals surface area contributed by atoms with Gasteiger partial charge in [0.2, 0.25) is 5.82 Å². The number of benzene rings is 1. The molecule has 8 heteroatoms. The van der Waals surface area contributed by atoms with Crippen LogP contribution in [0.1, 0.15) is 5.56 Å². The summed E-state index contributed by atoms with van der Waals surface area (Å²) in [7, 11) is 1.51. The third kappa shape index (κ3) is 2.75. The number of nitrogens with zero attached hydrogens (tertiary/aromatic N) is 3. The number of aromatic nitrogens is 3. The van der Waals surface area contributed by atoms with E-state index in [0.717, 1.165) is 6.07 Å². The summed E-state index contributed by atoms with van der Waals surface area (Å²) >= 11 is 0. The van der Waals surface area contributed by atoms with Crippen LogP contribution in [-0.2, 0) is 13.2 Å². The van der Waals surface area contributed by atoms with E-state index in [1.54, 1.807) is 6.07 Å². The van der Waals surface area contributed by atoms with Gasteiger partial charge >= 0.3 is 6.18 Å². The number of alkyl halides is 3. The van der Waals surface area contributed by atoms with Gasteiger partial charge in [-0.3, -0.25) is 4.79 Å². The van der Waals surface area contributed by atoms with E-state index in [9.17, 15) is 18.0 Å². The van der Waals surface area contributed by atoms with Crippen molar-refractivity contribution in [2.24, 2.45) is 7.05 Å². The second-order valence-corrected chi connectivity index (χ2v) is 4.77. The molecule has 0 aliphatic carbocycles. The lowest BCUT2D eigenvalue weighted by molar-refractivity contribution is -0.137. The molecule has 3 aromatic rings. The molecule has 0 spiro atoms. The van der Waals surface area contributed by atoms with Gasteiger partial charge in [0.25, 0.3) is 11.4 Å². The van der Waals surface area contributed by atoms with E-state index in [2.05, 4.69) is 10.1 Å². The van der Waals surface area contributed by atoms with Gasteiger partial charge in [0.15, 0.2) is 0 Å². The van der Waals surface area contributed by atoms with Crippen molar-refractivity contribution in [3.05, 3.63) is 58.4 Å². The average molecular weight is 321 g/mol. The molecule has 2 aromatic heterocycles. The van der Waals surface area contributed by atoms with Crippen molar-refractivity contribution in [3.63, 3.8) is 0 Å². The fourth-order valence-corrected chi connectivity index (χ4v) is 2.14. The van der Waals surface area contributed by atoms with E-state index in [-0.39, 0.29) is 22.8 Å². The van der Waals surface area contributed by atoms with Crippen LogP contribution in [0.3, 0.4) is 0 Å². The summed E-state index contributed by atoms with van der Waals surface area (Å²) in [5, 5.41) is 3.61. The molecule has 0 aliphatic heterocycles. The normalized spacial score (nSPS) is 11.7. The highest BCUT2D eigenvalue weighted by Gasteiger charge is 2.34. The average Bonchev–Trinajstić information content (AvgIpc) is 2.99. The van der Waals surface area contributed by atoms with E-state index in [0.29, 0.717) is 5.69 Å². The second kappa shape index (κ2) is 5.38. The quantitative estimate of drug-likeness (QED) is 0.727. The lowest BCUT2D eigenvalue weighted by atomic mass is 10.1. The van der Waals surface area contributed by atoms with Crippen LogP contribution < -0.4 is 5.56 Å². The van der Waals surface area contributed by atoms with Crippen molar-refractivity contribution in [3.8, 4) is 23.0 Å². The van der Waals surface area contributed by atoms with Crippen LogP contribution >= 0.6 is 0 Å². The van der Waals surface area contributed by atoms with Crippen molar-refractivity contribution in [1.29, 1.82) is 0 Å². The minimum Gasteiger partial charge on any atom is -0.332 e. The Balaban J connectivity index is 2.11. The Bertz CT molecular complexity index is 913. The van der Waals surface area contributed by atoms with Crippen molar-refractivity contribution in [1.82, 2.24) is 14.7 Å². The molecule has 118 valence electrons. The highest BCUT2D eigenvalue weighted by atomic mass is 19.4. The number of rotatable bonds is 2. The fraction of sp³-hybridized carbons (Fsp3) is 0.133. The maximum atomic E-state index is 13.0. The highest BCUT2D eigenvalue weighted by Crippen LogP contribution is 2.36. The van der Waals surface area contributed by atoms with E-state index < -0.39 is 11.7 Å². The van der Waals surface area contributed by atoms with Gasteiger partial charge in [0.05, 0.1) is 5.56 Å². The number of hydrogen-bond acceptors (Lipinski definition) is 4. The van der Waals surface area contributed by atoms with E-state index in [1.807, 2.05) is 0 Å². The van der Waals surface area contributed by atoms with Gasteiger partial charge < -0.3 is 9.09 Å².